The maximum atomic E-state index is 6.87. The standard InChI is InChI=1S/C24H30N8S/c1-14-18(6-9-27-22(14)26)33-23-15(2)29-19(12-28-23)31-10-7-24(8-11-31)13-32-20(21(24)25)16-4-3-5-17(16)30-32/h6,9,12,21H,3-5,7-8,10-11,13,25H2,1-2H3,(H2,26,27)/t21-/m1/s1. The number of fused-ring (bicyclic) bond motifs is 3. The summed E-state index contributed by atoms with van der Waals surface area (Å²) in [5.41, 5.74) is 18.9. The molecule has 6 rings (SSSR count). The summed E-state index contributed by atoms with van der Waals surface area (Å²) in [6.07, 6.45) is 9.23. The topological polar surface area (TPSA) is 112 Å². The number of hydrogen-bond acceptors (Lipinski definition) is 8. The van der Waals surface area contributed by atoms with Gasteiger partial charge in [-0.1, -0.05) is 11.8 Å². The predicted molar refractivity (Wildman–Crippen MR) is 129 cm³/mol. The van der Waals surface area contributed by atoms with E-state index in [4.69, 9.17) is 26.5 Å². The summed E-state index contributed by atoms with van der Waals surface area (Å²) < 4.78 is 2.23. The average Bonchev–Trinajstić information content (AvgIpc) is 3.45. The van der Waals surface area contributed by atoms with Crippen LogP contribution in [-0.2, 0) is 19.4 Å². The number of aryl methyl sites for hydroxylation is 2. The molecule has 3 aromatic heterocycles. The molecule has 1 saturated heterocycles. The van der Waals surface area contributed by atoms with Gasteiger partial charge in [0.2, 0.25) is 0 Å². The molecule has 0 amide bonds. The van der Waals surface area contributed by atoms with Crippen LogP contribution >= 0.6 is 11.8 Å². The lowest BCUT2D eigenvalue weighted by Gasteiger charge is -2.42. The van der Waals surface area contributed by atoms with Gasteiger partial charge in [0, 0.05) is 41.7 Å². The number of pyridine rings is 1. The fourth-order valence-electron chi connectivity index (χ4n) is 5.73. The van der Waals surface area contributed by atoms with Gasteiger partial charge in [0.1, 0.15) is 16.7 Å². The lowest BCUT2D eigenvalue weighted by molar-refractivity contribution is 0.170. The van der Waals surface area contributed by atoms with Crippen molar-refractivity contribution in [3.63, 3.8) is 0 Å². The highest BCUT2D eigenvalue weighted by Crippen LogP contribution is 2.50. The molecule has 5 heterocycles. The molecular weight excluding hydrogens is 432 g/mol. The zero-order valence-electron chi connectivity index (χ0n) is 19.2. The van der Waals surface area contributed by atoms with Crippen molar-refractivity contribution < 1.29 is 0 Å². The van der Waals surface area contributed by atoms with Crippen molar-refractivity contribution in [1.82, 2.24) is 24.7 Å². The highest BCUT2D eigenvalue weighted by atomic mass is 32.2. The average molecular weight is 463 g/mol. The highest BCUT2D eigenvalue weighted by molar-refractivity contribution is 7.99. The van der Waals surface area contributed by atoms with Crippen molar-refractivity contribution in [1.29, 1.82) is 0 Å². The van der Waals surface area contributed by atoms with E-state index in [-0.39, 0.29) is 11.5 Å². The molecule has 172 valence electrons. The van der Waals surface area contributed by atoms with E-state index in [0.29, 0.717) is 5.82 Å². The molecule has 9 heteroatoms. The molecule has 3 aliphatic rings. The maximum Gasteiger partial charge on any atom is 0.147 e. The largest absolute Gasteiger partial charge is 0.383 e. The Bertz CT molecular complexity index is 1230. The molecule has 1 aliphatic carbocycles. The summed E-state index contributed by atoms with van der Waals surface area (Å²) in [4.78, 5) is 17.2. The predicted octanol–water partition coefficient (Wildman–Crippen LogP) is 3.21. The van der Waals surface area contributed by atoms with Crippen LogP contribution < -0.4 is 16.4 Å². The molecule has 2 aliphatic heterocycles. The van der Waals surface area contributed by atoms with Gasteiger partial charge in [-0.3, -0.25) is 4.68 Å². The van der Waals surface area contributed by atoms with Crippen molar-refractivity contribution in [3.05, 3.63) is 46.7 Å². The first-order valence-electron chi connectivity index (χ1n) is 11.8. The number of nitrogen functional groups attached to an aromatic ring is 1. The van der Waals surface area contributed by atoms with Gasteiger partial charge in [-0.05, 0) is 57.6 Å². The number of hydrogen-bond donors (Lipinski definition) is 2. The Morgan fingerprint density at radius 2 is 1.97 bits per heavy atom. The van der Waals surface area contributed by atoms with E-state index >= 15 is 0 Å². The van der Waals surface area contributed by atoms with Crippen LogP contribution in [0.15, 0.2) is 28.4 Å². The summed E-state index contributed by atoms with van der Waals surface area (Å²) in [7, 11) is 0. The number of aromatic nitrogens is 5. The van der Waals surface area contributed by atoms with Gasteiger partial charge in [0.15, 0.2) is 0 Å². The smallest absolute Gasteiger partial charge is 0.147 e. The first kappa shape index (κ1) is 20.9. The summed E-state index contributed by atoms with van der Waals surface area (Å²) in [6.45, 7) is 6.86. The van der Waals surface area contributed by atoms with E-state index in [2.05, 4.69) is 14.6 Å². The molecule has 1 fully saturated rings. The lowest BCUT2D eigenvalue weighted by atomic mass is 9.73. The Kier molecular flexibility index (Phi) is 4.88. The third-order valence-corrected chi connectivity index (χ3v) is 9.06. The monoisotopic (exact) mass is 462 g/mol. The summed E-state index contributed by atoms with van der Waals surface area (Å²) in [6, 6.07) is 2.07. The van der Waals surface area contributed by atoms with E-state index in [1.165, 1.54) is 23.4 Å². The zero-order valence-corrected chi connectivity index (χ0v) is 20.0. The lowest BCUT2D eigenvalue weighted by Crippen LogP contribution is -2.45. The summed E-state index contributed by atoms with van der Waals surface area (Å²) in [5, 5.41) is 5.80. The Labute approximate surface area is 198 Å². The molecule has 8 nitrogen and oxygen atoms in total. The van der Waals surface area contributed by atoms with Crippen molar-refractivity contribution in [2.45, 2.75) is 68.5 Å². The van der Waals surface area contributed by atoms with Crippen molar-refractivity contribution in [3.8, 4) is 0 Å². The minimum Gasteiger partial charge on any atom is -0.383 e. The SMILES string of the molecule is Cc1nc(N2CCC3(CC2)Cn2nc4c(c2[C@H]3N)CCC4)cnc1Sc1ccnc(N)c1C. The number of anilines is 2. The normalized spacial score (nSPS) is 20.9. The Morgan fingerprint density at radius 3 is 2.76 bits per heavy atom. The fraction of sp³-hybridized carbons (Fsp3) is 0.500. The van der Waals surface area contributed by atoms with Crippen LogP contribution in [0.1, 0.15) is 53.5 Å². The second kappa shape index (κ2) is 7.70. The van der Waals surface area contributed by atoms with Gasteiger partial charge in [-0.2, -0.15) is 5.10 Å². The van der Waals surface area contributed by atoms with Crippen molar-refractivity contribution in [2.75, 3.05) is 23.7 Å². The van der Waals surface area contributed by atoms with Crippen LogP contribution in [0.3, 0.4) is 0 Å². The van der Waals surface area contributed by atoms with Crippen LogP contribution in [0.25, 0.3) is 0 Å². The van der Waals surface area contributed by atoms with E-state index in [1.807, 2.05) is 26.1 Å². The zero-order chi connectivity index (χ0) is 22.7. The van der Waals surface area contributed by atoms with Crippen LogP contribution in [0.4, 0.5) is 11.6 Å². The van der Waals surface area contributed by atoms with Gasteiger partial charge in [-0.25, -0.2) is 15.0 Å². The third-order valence-electron chi connectivity index (χ3n) is 7.81. The fourth-order valence-corrected chi connectivity index (χ4v) is 6.63. The second-order valence-corrected chi connectivity index (χ2v) is 10.7. The molecule has 0 saturated carbocycles. The van der Waals surface area contributed by atoms with E-state index in [9.17, 15) is 0 Å². The number of piperidine rings is 1. The van der Waals surface area contributed by atoms with Crippen molar-refractivity contribution >= 4 is 23.4 Å². The number of nitrogens with two attached hydrogens (primary N) is 2. The quantitative estimate of drug-likeness (QED) is 0.610. The Morgan fingerprint density at radius 1 is 1.15 bits per heavy atom. The maximum absolute atomic E-state index is 6.87. The molecular formula is C24H30N8S. The molecule has 0 unspecified atom stereocenters. The minimum absolute atomic E-state index is 0.0941. The molecule has 1 atom stereocenters. The minimum atomic E-state index is 0.0941. The second-order valence-electron chi connectivity index (χ2n) is 9.69. The van der Waals surface area contributed by atoms with Crippen LogP contribution in [0.2, 0.25) is 0 Å². The van der Waals surface area contributed by atoms with Crippen LogP contribution in [0, 0.1) is 19.3 Å². The number of nitrogens with zero attached hydrogens (tertiary/aromatic N) is 6. The molecule has 0 aromatic carbocycles. The van der Waals surface area contributed by atoms with Gasteiger partial charge in [-0.15, -0.1) is 0 Å². The van der Waals surface area contributed by atoms with Crippen LogP contribution in [-0.4, -0.2) is 37.8 Å². The van der Waals surface area contributed by atoms with Crippen molar-refractivity contribution in [2.24, 2.45) is 11.1 Å². The summed E-state index contributed by atoms with van der Waals surface area (Å²) in [5.74, 6) is 1.50. The summed E-state index contributed by atoms with van der Waals surface area (Å²) >= 11 is 1.59. The molecule has 1 spiro atoms. The molecule has 0 radical (unpaired) electrons. The van der Waals surface area contributed by atoms with E-state index in [0.717, 1.165) is 72.3 Å². The van der Waals surface area contributed by atoms with Gasteiger partial charge >= 0.3 is 0 Å². The van der Waals surface area contributed by atoms with E-state index in [1.54, 1.807) is 18.0 Å². The Hall–Kier alpha value is -2.65. The highest BCUT2D eigenvalue weighted by Gasteiger charge is 2.49. The third kappa shape index (κ3) is 3.32. The van der Waals surface area contributed by atoms with Gasteiger partial charge < -0.3 is 16.4 Å². The van der Waals surface area contributed by atoms with Gasteiger partial charge in [0.25, 0.3) is 0 Å². The molecule has 0 bridgehead atoms. The first-order valence-corrected chi connectivity index (χ1v) is 12.6. The van der Waals surface area contributed by atoms with Crippen LogP contribution in [0.5, 0.6) is 0 Å². The first-order chi connectivity index (χ1) is 15.9. The number of rotatable bonds is 3. The molecule has 4 N–H and O–H groups in total. The molecule has 3 aromatic rings. The molecule has 33 heavy (non-hydrogen) atoms. The van der Waals surface area contributed by atoms with Gasteiger partial charge in [0.05, 0.1) is 29.3 Å². The Balaban J connectivity index is 1.16. The van der Waals surface area contributed by atoms with E-state index < -0.39 is 0 Å².